The molecule has 0 aliphatic carbocycles. The molecule has 1 atom stereocenters. The van der Waals surface area contributed by atoms with Crippen molar-refractivity contribution in [1.29, 1.82) is 0 Å². The Labute approximate surface area is 157 Å². The van der Waals surface area contributed by atoms with Crippen molar-refractivity contribution >= 4 is 23.3 Å². The van der Waals surface area contributed by atoms with E-state index in [9.17, 15) is 9.59 Å². The van der Waals surface area contributed by atoms with E-state index in [1.54, 1.807) is 23.2 Å². The molecule has 6 heteroatoms. The molecule has 1 aromatic carbocycles. The number of urea groups is 1. The summed E-state index contributed by atoms with van der Waals surface area (Å²) in [6, 6.07) is 13.4. The number of carbonyl (C=O) groups is 2. The zero-order valence-corrected chi connectivity index (χ0v) is 16.0. The number of nitrogens with one attached hydrogen (secondary N) is 2. The molecule has 136 valence electrons. The Morgan fingerprint density at radius 2 is 1.81 bits per heavy atom. The number of hydrogen-bond donors (Lipinski definition) is 2. The molecule has 0 bridgehead atoms. The molecule has 0 fully saturated rings. The standard InChI is InChI=1S/C20H23N3O2S/c1-4-23(5-2)19(24)17-13(3)21-20(25)22-18(17)16-12-11-15(26-16)14-9-7-6-8-10-14/h6-12,18H,4-5H2,1-3H3,(H2,21,22,25)/t18-/m0/s1. The summed E-state index contributed by atoms with van der Waals surface area (Å²) < 4.78 is 0. The zero-order valence-electron chi connectivity index (χ0n) is 15.2. The Kier molecular flexibility index (Phi) is 5.42. The average Bonchev–Trinajstić information content (AvgIpc) is 3.12. The van der Waals surface area contributed by atoms with Gasteiger partial charge in [-0.25, -0.2) is 4.79 Å². The first-order valence-electron chi connectivity index (χ1n) is 8.77. The van der Waals surface area contributed by atoms with Crippen molar-refractivity contribution in [2.45, 2.75) is 26.8 Å². The molecule has 2 N–H and O–H groups in total. The first-order chi connectivity index (χ1) is 12.5. The number of carbonyl (C=O) groups excluding carboxylic acids is 2. The van der Waals surface area contributed by atoms with E-state index in [0.717, 1.165) is 15.3 Å². The van der Waals surface area contributed by atoms with E-state index in [1.807, 2.05) is 44.2 Å². The predicted molar refractivity (Wildman–Crippen MR) is 105 cm³/mol. The minimum Gasteiger partial charge on any atom is -0.339 e. The molecule has 3 rings (SSSR count). The molecule has 0 saturated heterocycles. The number of nitrogens with zero attached hydrogens (tertiary/aromatic N) is 1. The number of rotatable bonds is 5. The van der Waals surface area contributed by atoms with Crippen LogP contribution in [0.5, 0.6) is 0 Å². The van der Waals surface area contributed by atoms with Gasteiger partial charge in [-0.3, -0.25) is 4.79 Å². The van der Waals surface area contributed by atoms with Crippen LogP contribution in [0.2, 0.25) is 0 Å². The quantitative estimate of drug-likeness (QED) is 0.839. The van der Waals surface area contributed by atoms with Gasteiger partial charge in [-0.2, -0.15) is 0 Å². The van der Waals surface area contributed by atoms with E-state index in [4.69, 9.17) is 0 Å². The highest BCUT2D eigenvalue weighted by molar-refractivity contribution is 7.15. The predicted octanol–water partition coefficient (Wildman–Crippen LogP) is 3.91. The second-order valence-corrected chi connectivity index (χ2v) is 7.23. The number of hydrogen-bond acceptors (Lipinski definition) is 3. The van der Waals surface area contributed by atoms with Crippen LogP contribution in [-0.2, 0) is 4.79 Å². The first-order valence-corrected chi connectivity index (χ1v) is 9.59. The first kappa shape index (κ1) is 18.2. The van der Waals surface area contributed by atoms with Gasteiger partial charge in [-0.15, -0.1) is 11.3 Å². The maximum atomic E-state index is 13.0. The molecule has 1 aliphatic heterocycles. The molecular formula is C20H23N3O2S. The van der Waals surface area contributed by atoms with E-state index in [0.29, 0.717) is 24.4 Å². The van der Waals surface area contributed by atoms with Gasteiger partial charge in [0.1, 0.15) is 0 Å². The fourth-order valence-electron chi connectivity index (χ4n) is 3.14. The van der Waals surface area contributed by atoms with Crippen LogP contribution in [0.15, 0.2) is 53.7 Å². The van der Waals surface area contributed by atoms with Gasteiger partial charge in [0, 0.05) is 28.5 Å². The van der Waals surface area contributed by atoms with Crippen molar-refractivity contribution in [1.82, 2.24) is 15.5 Å². The van der Waals surface area contributed by atoms with Crippen molar-refractivity contribution in [3.8, 4) is 10.4 Å². The zero-order chi connectivity index (χ0) is 18.7. The van der Waals surface area contributed by atoms with E-state index >= 15 is 0 Å². The Morgan fingerprint density at radius 3 is 2.46 bits per heavy atom. The SMILES string of the molecule is CCN(CC)C(=O)C1=C(C)NC(=O)N[C@H]1c1ccc(-c2ccccc2)s1. The van der Waals surface area contributed by atoms with Crippen LogP contribution < -0.4 is 10.6 Å². The summed E-state index contributed by atoms with van der Waals surface area (Å²) in [6.07, 6.45) is 0. The van der Waals surface area contributed by atoms with E-state index < -0.39 is 6.04 Å². The lowest BCUT2D eigenvalue weighted by atomic mass is 10.00. The largest absolute Gasteiger partial charge is 0.339 e. The molecule has 0 spiro atoms. The third-order valence-electron chi connectivity index (χ3n) is 4.52. The van der Waals surface area contributed by atoms with Crippen molar-refractivity contribution in [2.75, 3.05) is 13.1 Å². The number of thiophene rings is 1. The Balaban J connectivity index is 1.99. The van der Waals surface area contributed by atoms with E-state index in [-0.39, 0.29) is 11.9 Å². The number of benzene rings is 1. The summed E-state index contributed by atoms with van der Waals surface area (Å²) in [7, 11) is 0. The van der Waals surface area contributed by atoms with Crippen LogP contribution >= 0.6 is 11.3 Å². The van der Waals surface area contributed by atoms with Gasteiger partial charge in [-0.1, -0.05) is 30.3 Å². The van der Waals surface area contributed by atoms with Crippen molar-refractivity contribution in [2.24, 2.45) is 0 Å². The normalized spacial score (nSPS) is 16.9. The monoisotopic (exact) mass is 369 g/mol. The fraction of sp³-hybridized carbons (Fsp3) is 0.300. The van der Waals surface area contributed by atoms with Crippen molar-refractivity contribution < 1.29 is 9.59 Å². The van der Waals surface area contributed by atoms with Crippen LogP contribution in [0.1, 0.15) is 31.7 Å². The molecule has 0 saturated carbocycles. The molecule has 1 aliphatic rings. The van der Waals surface area contributed by atoms with Gasteiger partial charge in [0.25, 0.3) is 5.91 Å². The number of allylic oxidation sites excluding steroid dienone is 1. The molecule has 1 aromatic heterocycles. The molecule has 0 unspecified atom stereocenters. The third kappa shape index (κ3) is 3.51. The second-order valence-electron chi connectivity index (χ2n) is 6.12. The maximum Gasteiger partial charge on any atom is 0.319 e. The average molecular weight is 369 g/mol. The summed E-state index contributed by atoms with van der Waals surface area (Å²) in [6.45, 7) is 6.97. The minimum atomic E-state index is -0.431. The van der Waals surface area contributed by atoms with E-state index in [1.165, 1.54) is 0 Å². The highest BCUT2D eigenvalue weighted by atomic mass is 32.1. The van der Waals surface area contributed by atoms with Gasteiger partial charge in [0.05, 0.1) is 11.6 Å². The summed E-state index contributed by atoms with van der Waals surface area (Å²) in [5, 5.41) is 5.66. The van der Waals surface area contributed by atoms with Gasteiger partial charge in [0.2, 0.25) is 0 Å². The van der Waals surface area contributed by atoms with Crippen LogP contribution in [0.3, 0.4) is 0 Å². The fourth-order valence-corrected chi connectivity index (χ4v) is 4.21. The highest BCUT2D eigenvalue weighted by Crippen LogP contribution is 2.36. The summed E-state index contributed by atoms with van der Waals surface area (Å²) in [5.74, 6) is -0.0420. The summed E-state index contributed by atoms with van der Waals surface area (Å²) in [4.78, 5) is 28.9. The topological polar surface area (TPSA) is 61.4 Å². The van der Waals surface area contributed by atoms with E-state index in [2.05, 4.69) is 22.8 Å². The Hall–Kier alpha value is -2.60. The highest BCUT2D eigenvalue weighted by Gasteiger charge is 2.33. The van der Waals surface area contributed by atoms with Crippen LogP contribution in [0, 0.1) is 0 Å². The minimum absolute atomic E-state index is 0.0420. The van der Waals surface area contributed by atoms with Gasteiger partial charge < -0.3 is 15.5 Å². The molecule has 2 heterocycles. The summed E-state index contributed by atoms with van der Waals surface area (Å²) >= 11 is 1.60. The van der Waals surface area contributed by atoms with Gasteiger partial charge in [0.15, 0.2) is 0 Å². The molecular weight excluding hydrogens is 346 g/mol. The second kappa shape index (κ2) is 7.74. The molecule has 0 radical (unpaired) electrons. The number of amides is 3. The Bertz CT molecular complexity index is 838. The Morgan fingerprint density at radius 1 is 1.12 bits per heavy atom. The van der Waals surface area contributed by atoms with Crippen LogP contribution in [0.25, 0.3) is 10.4 Å². The molecule has 26 heavy (non-hydrogen) atoms. The molecule has 5 nitrogen and oxygen atoms in total. The van der Waals surface area contributed by atoms with Crippen molar-refractivity contribution in [3.05, 3.63) is 58.6 Å². The number of likely N-dealkylation sites (N-methyl/N-ethyl adjacent to an activating group) is 1. The molecule has 3 amide bonds. The molecule has 2 aromatic rings. The lowest BCUT2D eigenvalue weighted by Crippen LogP contribution is -2.47. The lowest BCUT2D eigenvalue weighted by molar-refractivity contribution is -0.127. The maximum absolute atomic E-state index is 13.0. The smallest absolute Gasteiger partial charge is 0.319 e. The summed E-state index contributed by atoms with van der Waals surface area (Å²) in [5.41, 5.74) is 2.35. The van der Waals surface area contributed by atoms with Crippen molar-refractivity contribution in [3.63, 3.8) is 0 Å². The lowest BCUT2D eigenvalue weighted by Gasteiger charge is -2.31. The van der Waals surface area contributed by atoms with Crippen LogP contribution in [0.4, 0.5) is 4.79 Å². The van der Waals surface area contributed by atoms with Gasteiger partial charge >= 0.3 is 6.03 Å². The third-order valence-corrected chi connectivity index (χ3v) is 5.72. The van der Waals surface area contributed by atoms with Gasteiger partial charge in [-0.05, 0) is 38.5 Å². The van der Waals surface area contributed by atoms with Crippen LogP contribution in [-0.4, -0.2) is 29.9 Å².